The van der Waals surface area contributed by atoms with Gasteiger partial charge in [-0.05, 0) is 60.5 Å². The van der Waals surface area contributed by atoms with Crippen LogP contribution in [0.2, 0.25) is 10.0 Å². The lowest BCUT2D eigenvalue weighted by atomic mass is 10.1. The molecule has 2 heterocycles. The van der Waals surface area contributed by atoms with E-state index in [0.717, 1.165) is 28.1 Å². The maximum absolute atomic E-state index is 13.1. The number of ether oxygens (including phenoxy) is 1. The Morgan fingerprint density at radius 3 is 2.49 bits per heavy atom. The second-order valence-electron chi connectivity index (χ2n) is 9.45. The summed E-state index contributed by atoms with van der Waals surface area (Å²) in [7, 11) is 0. The number of rotatable bonds is 8. The third-order valence-electron chi connectivity index (χ3n) is 6.01. The number of carbonyl (C=O) groups excluding carboxylic acids is 1. The summed E-state index contributed by atoms with van der Waals surface area (Å²) in [6.07, 6.45) is 3.82. The molecule has 0 atom stereocenters. The van der Waals surface area contributed by atoms with Gasteiger partial charge in [0, 0.05) is 39.5 Å². The lowest BCUT2D eigenvalue weighted by molar-refractivity contribution is -0.122. The number of hydrogen-bond acceptors (Lipinski definition) is 5. The zero-order chi connectivity index (χ0) is 27.5. The Hall–Kier alpha value is -3.10. The fraction of sp³-hybridized carbons (Fsp3) is 0.167. The zero-order valence-electron chi connectivity index (χ0n) is 21.3. The van der Waals surface area contributed by atoms with Crippen LogP contribution in [-0.4, -0.2) is 31.5 Å². The first-order valence-electron chi connectivity index (χ1n) is 12.4. The third kappa shape index (κ3) is 6.39. The number of hydrogen-bond donors (Lipinski definition) is 0. The number of benzene rings is 3. The molecular weight excluding hydrogens is 569 g/mol. The van der Waals surface area contributed by atoms with Gasteiger partial charge in [-0.2, -0.15) is 5.10 Å². The van der Waals surface area contributed by atoms with E-state index in [-0.39, 0.29) is 5.91 Å². The van der Waals surface area contributed by atoms with E-state index in [9.17, 15) is 4.79 Å². The molecule has 0 unspecified atom stereocenters. The second-order valence-corrected chi connectivity index (χ2v) is 12.0. The molecule has 4 aromatic rings. The summed E-state index contributed by atoms with van der Waals surface area (Å²) in [6.45, 7) is 5.06. The van der Waals surface area contributed by atoms with Crippen molar-refractivity contribution in [1.82, 2.24) is 14.7 Å². The highest BCUT2D eigenvalue weighted by molar-refractivity contribution is 8.26. The Morgan fingerprint density at radius 2 is 1.79 bits per heavy atom. The van der Waals surface area contributed by atoms with Gasteiger partial charge < -0.3 is 4.74 Å². The summed E-state index contributed by atoms with van der Waals surface area (Å²) >= 11 is 19.1. The molecule has 5 nitrogen and oxygen atoms in total. The van der Waals surface area contributed by atoms with Crippen LogP contribution in [0.5, 0.6) is 5.75 Å². The molecule has 9 heteroatoms. The van der Waals surface area contributed by atoms with E-state index in [2.05, 4.69) is 13.8 Å². The van der Waals surface area contributed by atoms with Crippen molar-refractivity contribution in [3.8, 4) is 22.7 Å². The number of aromatic nitrogens is 2. The van der Waals surface area contributed by atoms with Gasteiger partial charge in [0.05, 0.1) is 16.3 Å². The first-order chi connectivity index (χ1) is 18.8. The molecule has 0 N–H and O–H groups in total. The van der Waals surface area contributed by atoms with Crippen molar-refractivity contribution in [1.29, 1.82) is 0 Å². The topological polar surface area (TPSA) is 47.4 Å². The number of halogens is 2. The van der Waals surface area contributed by atoms with Crippen molar-refractivity contribution >= 4 is 63.5 Å². The predicted octanol–water partition coefficient (Wildman–Crippen LogP) is 8.28. The van der Waals surface area contributed by atoms with E-state index in [4.69, 9.17) is 45.3 Å². The van der Waals surface area contributed by atoms with E-state index in [1.165, 1.54) is 11.8 Å². The predicted molar refractivity (Wildman–Crippen MR) is 165 cm³/mol. The molecule has 0 spiro atoms. The maximum Gasteiger partial charge on any atom is 0.266 e. The number of carbonyl (C=O) groups is 1. The van der Waals surface area contributed by atoms with Gasteiger partial charge >= 0.3 is 0 Å². The standard InChI is InChI=1S/C30H25Cl2N3O2S2/c1-19(2)16-34-29(36)27(39-30(34)38)14-22-17-35(24-6-4-3-5-7-24)33-28(22)20-9-12-25(13-10-20)37-18-21-8-11-23(31)15-26(21)32/h3-15,17,19H,16,18H2,1-2H3. The molecule has 0 bridgehead atoms. The van der Waals surface area contributed by atoms with Crippen LogP contribution >= 0.6 is 47.2 Å². The van der Waals surface area contributed by atoms with Crippen molar-refractivity contribution in [2.45, 2.75) is 20.5 Å². The van der Waals surface area contributed by atoms with Gasteiger partial charge in [-0.25, -0.2) is 4.68 Å². The molecule has 39 heavy (non-hydrogen) atoms. The van der Waals surface area contributed by atoms with Crippen LogP contribution in [0.3, 0.4) is 0 Å². The Bertz CT molecular complexity index is 1550. The molecular formula is C30H25Cl2N3O2S2. The Balaban J connectivity index is 1.44. The van der Waals surface area contributed by atoms with Gasteiger partial charge in [0.25, 0.3) is 5.91 Å². The lowest BCUT2D eigenvalue weighted by Gasteiger charge is -2.16. The molecule has 1 fully saturated rings. The number of thiocarbonyl (C=S) groups is 1. The van der Waals surface area contributed by atoms with Crippen molar-refractivity contribution in [2.75, 3.05) is 6.54 Å². The fourth-order valence-corrected chi connectivity index (χ4v) is 5.83. The van der Waals surface area contributed by atoms with Crippen LogP contribution in [-0.2, 0) is 11.4 Å². The van der Waals surface area contributed by atoms with Gasteiger partial charge in [-0.15, -0.1) is 0 Å². The highest BCUT2D eigenvalue weighted by Crippen LogP contribution is 2.35. The van der Waals surface area contributed by atoms with Gasteiger partial charge in [-0.1, -0.05) is 85.3 Å². The number of thioether (sulfide) groups is 1. The minimum Gasteiger partial charge on any atom is -0.489 e. The number of nitrogens with zero attached hydrogens (tertiary/aromatic N) is 3. The van der Waals surface area contributed by atoms with Crippen LogP contribution < -0.4 is 4.74 Å². The normalized spacial score (nSPS) is 14.6. The van der Waals surface area contributed by atoms with Crippen LogP contribution in [0.4, 0.5) is 0 Å². The van der Waals surface area contributed by atoms with Gasteiger partial charge in [0.1, 0.15) is 16.7 Å². The van der Waals surface area contributed by atoms with Crippen LogP contribution in [0, 0.1) is 5.92 Å². The SMILES string of the molecule is CC(C)CN1C(=O)C(=Cc2cn(-c3ccccc3)nc2-c2ccc(OCc3ccc(Cl)cc3Cl)cc2)SC1=S. The van der Waals surface area contributed by atoms with Crippen LogP contribution in [0.25, 0.3) is 23.0 Å². The maximum atomic E-state index is 13.1. The van der Waals surface area contributed by atoms with Gasteiger partial charge in [0.15, 0.2) is 0 Å². The average molecular weight is 595 g/mol. The molecule has 1 saturated heterocycles. The molecule has 3 aromatic carbocycles. The molecule has 1 amide bonds. The second kappa shape index (κ2) is 12.0. The van der Waals surface area contributed by atoms with E-state index in [1.807, 2.05) is 77.6 Å². The molecule has 5 rings (SSSR count). The summed E-state index contributed by atoms with van der Waals surface area (Å²) in [4.78, 5) is 15.4. The number of amides is 1. The first-order valence-corrected chi connectivity index (χ1v) is 14.3. The largest absolute Gasteiger partial charge is 0.489 e. The van der Waals surface area contributed by atoms with Gasteiger partial charge in [-0.3, -0.25) is 9.69 Å². The summed E-state index contributed by atoms with van der Waals surface area (Å²) in [5.41, 5.74) is 4.24. The highest BCUT2D eigenvalue weighted by atomic mass is 35.5. The van der Waals surface area contributed by atoms with Crippen molar-refractivity contribution < 1.29 is 9.53 Å². The summed E-state index contributed by atoms with van der Waals surface area (Å²) in [5.74, 6) is 0.949. The minimum absolute atomic E-state index is 0.0679. The molecule has 0 saturated carbocycles. The molecule has 0 radical (unpaired) electrons. The zero-order valence-corrected chi connectivity index (χ0v) is 24.4. The van der Waals surface area contributed by atoms with E-state index < -0.39 is 0 Å². The highest BCUT2D eigenvalue weighted by Gasteiger charge is 2.32. The average Bonchev–Trinajstić information content (AvgIpc) is 3.45. The summed E-state index contributed by atoms with van der Waals surface area (Å²) in [6, 6.07) is 22.9. The lowest BCUT2D eigenvalue weighted by Crippen LogP contribution is -2.31. The van der Waals surface area contributed by atoms with Gasteiger partial charge in [0.2, 0.25) is 0 Å². The molecule has 1 aromatic heterocycles. The molecule has 0 aliphatic carbocycles. The minimum atomic E-state index is -0.0679. The quantitative estimate of drug-likeness (QED) is 0.152. The Labute approximate surface area is 247 Å². The Morgan fingerprint density at radius 1 is 1.05 bits per heavy atom. The smallest absolute Gasteiger partial charge is 0.266 e. The summed E-state index contributed by atoms with van der Waals surface area (Å²) < 4.78 is 8.36. The van der Waals surface area contributed by atoms with E-state index in [0.29, 0.717) is 44.1 Å². The van der Waals surface area contributed by atoms with Crippen molar-refractivity contribution in [2.24, 2.45) is 5.92 Å². The van der Waals surface area contributed by atoms with E-state index in [1.54, 1.807) is 17.0 Å². The van der Waals surface area contributed by atoms with Crippen molar-refractivity contribution in [3.63, 3.8) is 0 Å². The van der Waals surface area contributed by atoms with E-state index >= 15 is 0 Å². The molecule has 1 aliphatic rings. The van der Waals surface area contributed by atoms with Crippen LogP contribution in [0.15, 0.2) is 83.9 Å². The van der Waals surface area contributed by atoms with Crippen LogP contribution in [0.1, 0.15) is 25.0 Å². The molecule has 198 valence electrons. The molecule has 1 aliphatic heterocycles. The summed E-state index contributed by atoms with van der Waals surface area (Å²) in [5, 5.41) is 6.03. The van der Waals surface area contributed by atoms with Crippen molar-refractivity contribution in [3.05, 3.63) is 105 Å². The third-order valence-corrected chi connectivity index (χ3v) is 7.97. The number of para-hydroxylation sites is 1. The monoisotopic (exact) mass is 593 g/mol. The fourth-order valence-electron chi connectivity index (χ4n) is 4.10. The first kappa shape index (κ1) is 27.5. The Kier molecular flexibility index (Phi) is 8.43.